The number of carboxylic acid groups (broad SMARTS) is 1. The van der Waals surface area contributed by atoms with Gasteiger partial charge in [0.05, 0.1) is 40.6 Å². The lowest BCUT2D eigenvalue weighted by Crippen LogP contribution is -2.48. The number of carbonyl (C=O) groups is 1. The van der Waals surface area contributed by atoms with Crippen LogP contribution in [0.2, 0.25) is 0 Å². The van der Waals surface area contributed by atoms with E-state index in [2.05, 4.69) is 0 Å². The van der Waals surface area contributed by atoms with E-state index in [-0.39, 0.29) is 17.1 Å². The average Bonchev–Trinajstić information content (AvgIpc) is 2.81. The molecule has 0 fully saturated rings. The Balaban J connectivity index is 2.33. The van der Waals surface area contributed by atoms with Crippen LogP contribution in [-0.4, -0.2) is 55.8 Å². The Hall–Kier alpha value is -2.92. The first-order chi connectivity index (χ1) is 15.2. The molecule has 0 aliphatic heterocycles. The van der Waals surface area contributed by atoms with Crippen molar-refractivity contribution in [1.82, 2.24) is 0 Å². The van der Waals surface area contributed by atoms with Gasteiger partial charge in [0.2, 0.25) is 0 Å². The maximum Gasteiger partial charge on any atom is 0.330 e. The summed E-state index contributed by atoms with van der Waals surface area (Å²) in [6.45, 7) is -0.831. The standard InChI is InChI=1S/C22H27NO8S/c1-28-15-10-19(30-3)16(20(11-15)31-4)7-8-32(27)12-14-5-6-18(29-2)17(9-14)22(23,13-24)21(25)26/h5-11,24H,12-13,23H2,1-4H3,(H,25,26). The number of hydrogen-bond donors (Lipinski definition) is 3. The van der Waals surface area contributed by atoms with Crippen molar-refractivity contribution >= 4 is 23.2 Å². The summed E-state index contributed by atoms with van der Waals surface area (Å²) in [5.41, 5.74) is 5.09. The molecule has 4 N–H and O–H groups in total. The molecule has 2 rings (SSSR count). The van der Waals surface area contributed by atoms with Crippen LogP contribution in [0.4, 0.5) is 0 Å². The third-order valence-corrected chi connectivity index (χ3v) is 5.88. The second-order valence-corrected chi connectivity index (χ2v) is 8.07. The highest BCUT2D eigenvalue weighted by molar-refractivity contribution is 7.93. The number of carboxylic acids is 1. The summed E-state index contributed by atoms with van der Waals surface area (Å²) >= 11 is -1.47. The minimum absolute atomic E-state index is 0.0788. The number of aliphatic hydroxyl groups excluding tert-OH is 1. The highest BCUT2D eigenvalue weighted by atomic mass is 32.2. The molecular weight excluding hydrogens is 438 g/mol. The molecule has 0 saturated carbocycles. The van der Waals surface area contributed by atoms with Crippen molar-refractivity contribution in [3.8, 4) is 23.0 Å². The molecular formula is C22H27NO8S. The molecule has 0 saturated heterocycles. The molecule has 0 aromatic heterocycles. The monoisotopic (exact) mass is 465 g/mol. The molecule has 2 atom stereocenters. The van der Waals surface area contributed by atoms with E-state index < -0.39 is 29.3 Å². The van der Waals surface area contributed by atoms with Crippen LogP contribution in [0.3, 0.4) is 0 Å². The molecule has 2 aromatic carbocycles. The molecule has 0 aliphatic carbocycles. The summed E-state index contributed by atoms with van der Waals surface area (Å²) in [6, 6.07) is 8.03. The Kier molecular flexibility index (Phi) is 8.79. The zero-order chi connectivity index (χ0) is 23.9. The van der Waals surface area contributed by atoms with E-state index in [4.69, 9.17) is 24.7 Å². The van der Waals surface area contributed by atoms with Crippen LogP contribution in [0.15, 0.2) is 35.7 Å². The molecule has 0 spiro atoms. The van der Waals surface area contributed by atoms with Crippen LogP contribution in [-0.2, 0) is 27.3 Å². The van der Waals surface area contributed by atoms with Gasteiger partial charge in [0.15, 0.2) is 5.54 Å². The van der Waals surface area contributed by atoms with Gasteiger partial charge in [0.1, 0.15) is 34.2 Å². The minimum Gasteiger partial charge on any atom is -0.612 e. The fraction of sp³-hybridized carbons (Fsp3) is 0.318. The molecule has 0 amide bonds. The first kappa shape index (κ1) is 25.3. The molecule has 9 nitrogen and oxygen atoms in total. The molecule has 0 bridgehead atoms. The summed E-state index contributed by atoms with van der Waals surface area (Å²) in [5.74, 6) is 0.402. The van der Waals surface area contributed by atoms with Gasteiger partial charge < -0.3 is 39.4 Å². The van der Waals surface area contributed by atoms with Gasteiger partial charge in [0, 0.05) is 29.3 Å². The Morgan fingerprint density at radius 2 is 1.66 bits per heavy atom. The first-order valence-electron chi connectivity index (χ1n) is 9.40. The van der Waals surface area contributed by atoms with Gasteiger partial charge in [-0.1, -0.05) is 6.07 Å². The van der Waals surface area contributed by atoms with Crippen molar-refractivity contribution in [2.24, 2.45) is 5.73 Å². The molecule has 10 heteroatoms. The fourth-order valence-electron chi connectivity index (χ4n) is 3.01. The number of hydrogen-bond acceptors (Lipinski definition) is 8. The molecule has 32 heavy (non-hydrogen) atoms. The molecule has 174 valence electrons. The zero-order valence-corrected chi connectivity index (χ0v) is 19.1. The number of benzene rings is 2. The van der Waals surface area contributed by atoms with E-state index in [0.29, 0.717) is 28.4 Å². The number of aliphatic carboxylic acids is 1. The second kappa shape index (κ2) is 11.1. The third-order valence-electron chi connectivity index (χ3n) is 4.82. The Morgan fingerprint density at radius 3 is 2.12 bits per heavy atom. The van der Waals surface area contributed by atoms with Crippen molar-refractivity contribution < 1.29 is 38.5 Å². The first-order valence-corrected chi connectivity index (χ1v) is 10.8. The van der Waals surface area contributed by atoms with Crippen molar-refractivity contribution in [2.45, 2.75) is 11.3 Å². The smallest absolute Gasteiger partial charge is 0.330 e. The van der Waals surface area contributed by atoms with Gasteiger partial charge in [-0.15, -0.1) is 0 Å². The zero-order valence-electron chi connectivity index (χ0n) is 18.3. The Morgan fingerprint density at radius 1 is 1.06 bits per heavy atom. The van der Waals surface area contributed by atoms with Gasteiger partial charge in [-0.25, -0.2) is 4.79 Å². The Labute approximate surface area is 189 Å². The minimum atomic E-state index is -2.05. The van der Waals surface area contributed by atoms with Gasteiger partial charge in [-0.3, -0.25) is 0 Å². The van der Waals surface area contributed by atoms with Crippen LogP contribution in [0.5, 0.6) is 23.0 Å². The van der Waals surface area contributed by atoms with Crippen LogP contribution in [0.1, 0.15) is 16.7 Å². The predicted octanol–water partition coefficient (Wildman–Crippen LogP) is 1.87. The lowest BCUT2D eigenvalue weighted by atomic mass is 9.90. The Bertz CT molecular complexity index is 955. The van der Waals surface area contributed by atoms with Gasteiger partial charge in [0.25, 0.3) is 0 Å². The van der Waals surface area contributed by atoms with Crippen LogP contribution in [0, 0.1) is 0 Å². The summed E-state index contributed by atoms with van der Waals surface area (Å²) in [6.07, 6.45) is 1.62. The van der Waals surface area contributed by atoms with E-state index in [1.165, 1.54) is 46.0 Å². The average molecular weight is 466 g/mol. The van der Waals surface area contributed by atoms with E-state index >= 15 is 0 Å². The van der Waals surface area contributed by atoms with Crippen LogP contribution in [0.25, 0.3) is 6.08 Å². The molecule has 0 heterocycles. The number of nitrogens with two attached hydrogens (primary N) is 1. The third kappa shape index (κ3) is 5.46. The highest BCUT2D eigenvalue weighted by Gasteiger charge is 2.38. The van der Waals surface area contributed by atoms with Crippen molar-refractivity contribution in [1.29, 1.82) is 0 Å². The normalized spacial score (nSPS) is 14.0. The van der Waals surface area contributed by atoms with Crippen molar-refractivity contribution in [3.63, 3.8) is 0 Å². The van der Waals surface area contributed by atoms with Gasteiger partial charge in [-0.05, 0) is 23.3 Å². The predicted molar refractivity (Wildman–Crippen MR) is 121 cm³/mol. The quantitative estimate of drug-likeness (QED) is 0.424. The molecule has 0 aliphatic rings. The SMILES string of the molecule is COc1cc(OC)c(C=C[S+]([O-])Cc2ccc(OC)c(C(N)(CO)C(=O)O)c2)c(OC)c1. The fourth-order valence-corrected chi connectivity index (χ4v) is 3.91. The number of rotatable bonds is 11. The van der Waals surface area contributed by atoms with Crippen LogP contribution >= 0.6 is 0 Å². The summed E-state index contributed by atoms with van der Waals surface area (Å²) in [4.78, 5) is 11.6. The van der Waals surface area contributed by atoms with E-state index in [0.717, 1.165) is 0 Å². The molecule has 0 radical (unpaired) electrons. The summed E-state index contributed by atoms with van der Waals surface area (Å²) in [7, 11) is 5.90. The topological polar surface area (TPSA) is 144 Å². The van der Waals surface area contributed by atoms with E-state index in [9.17, 15) is 19.6 Å². The maximum absolute atomic E-state index is 12.7. The van der Waals surface area contributed by atoms with E-state index in [1.807, 2.05) is 0 Å². The summed E-state index contributed by atoms with van der Waals surface area (Å²) in [5, 5.41) is 20.5. The van der Waals surface area contributed by atoms with E-state index in [1.54, 1.807) is 24.3 Å². The van der Waals surface area contributed by atoms with Crippen molar-refractivity contribution in [3.05, 3.63) is 52.4 Å². The number of methoxy groups -OCH3 is 4. The lowest BCUT2D eigenvalue weighted by molar-refractivity contribution is -0.145. The highest BCUT2D eigenvalue weighted by Crippen LogP contribution is 2.35. The largest absolute Gasteiger partial charge is 0.612 e. The molecule has 2 unspecified atom stereocenters. The lowest BCUT2D eigenvalue weighted by Gasteiger charge is -2.25. The number of aliphatic hydroxyl groups is 1. The van der Waals surface area contributed by atoms with Gasteiger partial charge >= 0.3 is 5.97 Å². The maximum atomic E-state index is 12.7. The van der Waals surface area contributed by atoms with Crippen molar-refractivity contribution in [2.75, 3.05) is 35.0 Å². The molecule has 2 aromatic rings. The second-order valence-electron chi connectivity index (χ2n) is 6.74. The van der Waals surface area contributed by atoms with Crippen LogP contribution < -0.4 is 24.7 Å². The van der Waals surface area contributed by atoms with Gasteiger partial charge in [-0.2, -0.15) is 0 Å². The number of ether oxygens (including phenoxy) is 4. The summed E-state index contributed by atoms with van der Waals surface area (Å²) < 4.78 is 33.9.